The Kier molecular flexibility index (Phi) is 3.74. The fraction of sp³-hybridized carbons (Fsp3) is 0.625. The fourth-order valence-corrected chi connectivity index (χ4v) is 2.71. The molecule has 0 spiro atoms. The molecule has 104 valence electrons. The van der Waals surface area contributed by atoms with E-state index in [0.29, 0.717) is 6.54 Å². The third kappa shape index (κ3) is 3.47. The topological polar surface area (TPSA) is 29.3 Å². The quantitative estimate of drug-likeness (QED) is 0.818. The number of rotatable bonds is 7. The maximum Gasteiger partial charge on any atom is 0.123 e. The van der Waals surface area contributed by atoms with E-state index in [1.54, 1.807) is 12.1 Å². The summed E-state index contributed by atoms with van der Waals surface area (Å²) in [6.45, 7) is 2.86. The molecule has 0 aromatic heterocycles. The zero-order valence-corrected chi connectivity index (χ0v) is 11.4. The Morgan fingerprint density at radius 3 is 2.26 bits per heavy atom. The van der Waals surface area contributed by atoms with E-state index in [1.807, 2.05) is 6.07 Å². The van der Waals surface area contributed by atoms with Crippen molar-refractivity contribution in [2.45, 2.75) is 32.1 Å². The first-order chi connectivity index (χ1) is 9.26. The van der Waals surface area contributed by atoms with Crippen LogP contribution in [0.2, 0.25) is 0 Å². The van der Waals surface area contributed by atoms with Crippen LogP contribution in [0.1, 0.15) is 31.2 Å². The number of nitrogens with zero attached hydrogens (tertiary/aromatic N) is 1. The highest BCUT2D eigenvalue weighted by molar-refractivity contribution is 5.54. The smallest absolute Gasteiger partial charge is 0.123 e. The van der Waals surface area contributed by atoms with Gasteiger partial charge in [0.1, 0.15) is 5.82 Å². The predicted octanol–water partition coefficient (Wildman–Crippen LogP) is 2.95. The van der Waals surface area contributed by atoms with Gasteiger partial charge in [0.2, 0.25) is 0 Å². The van der Waals surface area contributed by atoms with Gasteiger partial charge >= 0.3 is 0 Å². The molecule has 2 N–H and O–H groups in total. The molecule has 0 radical (unpaired) electrons. The second-order valence-corrected chi connectivity index (χ2v) is 6.10. The molecule has 0 atom stereocenters. The van der Waals surface area contributed by atoms with Gasteiger partial charge in [-0.25, -0.2) is 4.39 Å². The van der Waals surface area contributed by atoms with Crippen LogP contribution < -0.4 is 10.6 Å². The molecule has 0 unspecified atom stereocenters. The van der Waals surface area contributed by atoms with Gasteiger partial charge in [0, 0.05) is 18.8 Å². The molecule has 3 heteroatoms. The van der Waals surface area contributed by atoms with Gasteiger partial charge in [-0.15, -0.1) is 0 Å². The summed E-state index contributed by atoms with van der Waals surface area (Å²) in [4.78, 5) is 2.49. The predicted molar refractivity (Wildman–Crippen MR) is 76.8 cm³/mol. The summed E-state index contributed by atoms with van der Waals surface area (Å²) in [6.07, 6.45) is 6.19. The van der Waals surface area contributed by atoms with Crippen LogP contribution in [-0.2, 0) is 6.42 Å². The molecule has 0 amide bonds. The molecule has 2 nitrogen and oxygen atoms in total. The molecule has 2 saturated carbocycles. The average molecular weight is 262 g/mol. The second kappa shape index (κ2) is 5.49. The summed E-state index contributed by atoms with van der Waals surface area (Å²) in [5, 5.41) is 0. The molecular formula is C16H23FN2. The van der Waals surface area contributed by atoms with Gasteiger partial charge < -0.3 is 10.6 Å². The van der Waals surface area contributed by atoms with Gasteiger partial charge in [-0.2, -0.15) is 0 Å². The molecule has 2 aliphatic carbocycles. The largest absolute Gasteiger partial charge is 0.371 e. The van der Waals surface area contributed by atoms with Crippen molar-refractivity contribution >= 4 is 5.69 Å². The summed E-state index contributed by atoms with van der Waals surface area (Å²) in [5.74, 6) is 1.56. The van der Waals surface area contributed by atoms with Crippen molar-refractivity contribution in [1.82, 2.24) is 0 Å². The second-order valence-electron chi connectivity index (χ2n) is 6.10. The number of nitrogens with two attached hydrogens (primary N) is 1. The standard InChI is InChI=1S/C16H23FN2/c17-15-5-6-16(14(9-15)7-8-18)19(10-12-1-2-12)11-13-3-4-13/h5-6,9,12-13H,1-4,7-8,10-11,18H2. The van der Waals surface area contributed by atoms with Crippen LogP contribution in [0.4, 0.5) is 10.1 Å². The van der Waals surface area contributed by atoms with Crippen molar-refractivity contribution in [3.63, 3.8) is 0 Å². The maximum atomic E-state index is 13.4. The van der Waals surface area contributed by atoms with E-state index in [-0.39, 0.29) is 5.82 Å². The Morgan fingerprint density at radius 1 is 1.11 bits per heavy atom. The monoisotopic (exact) mass is 262 g/mol. The first-order valence-corrected chi connectivity index (χ1v) is 7.49. The minimum Gasteiger partial charge on any atom is -0.371 e. The summed E-state index contributed by atoms with van der Waals surface area (Å²) in [6, 6.07) is 5.20. The maximum absolute atomic E-state index is 13.4. The van der Waals surface area contributed by atoms with Crippen LogP contribution in [0.3, 0.4) is 0 Å². The van der Waals surface area contributed by atoms with Gasteiger partial charge in [0.05, 0.1) is 0 Å². The Labute approximate surface area is 114 Å². The molecule has 1 aromatic carbocycles. The lowest BCUT2D eigenvalue weighted by Crippen LogP contribution is -2.29. The van der Waals surface area contributed by atoms with Gasteiger partial charge in [0.25, 0.3) is 0 Å². The van der Waals surface area contributed by atoms with Crippen molar-refractivity contribution in [3.05, 3.63) is 29.6 Å². The van der Waals surface area contributed by atoms with Crippen LogP contribution in [-0.4, -0.2) is 19.6 Å². The van der Waals surface area contributed by atoms with E-state index in [2.05, 4.69) is 4.90 Å². The van der Waals surface area contributed by atoms with E-state index in [4.69, 9.17) is 5.73 Å². The van der Waals surface area contributed by atoms with Crippen molar-refractivity contribution in [1.29, 1.82) is 0 Å². The minimum atomic E-state index is -0.148. The molecule has 0 heterocycles. The van der Waals surface area contributed by atoms with Crippen molar-refractivity contribution < 1.29 is 4.39 Å². The number of anilines is 1. The van der Waals surface area contributed by atoms with Crippen molar-refractivity contribution in [3.8, 4) is 0 Å². The van der Waals surface area contributed by atoms with Gasteiger partial charge in [0.15, 0.2) is 0 Å². The molecule has 2 aliphatic rings. The van der Waals surface area contributed by atoms with Crippen LogP contribution in [0.25, 0.3) is 0 Å². The molecule has 3 rings (SSSR count). The van der Waals surface area contributed by atoms with Crippen LogP contribution >= 0.6 is 0 Å². The third-order valence-corrected chi connectivity index (χ3v) is 4.15. The molecule has 2 fully saturated rings. The highest BCUT2D eigenvalue weighted by atomic mass is 19.1. The summed E-state index contributed by atoms with van der Waals surface area (Å²) in [5.41, 5.74) is 7.95. The summed E-state index contributed by atoms with van der Waals surface area (Å²) >= 11 is 0. The summed E-state index contributed by atoms with van der Waals surface area (Å²) < 4.78 is 13.4. The van der Waals surface area contributed by atoms with Gasteiger partial charge in [-0.05, 0) is 74.2 Å². The number of hydrogen-bond donors (Lipinski definition) is 1. The molecule has 0 bridgehead atoms. The van der Waals surface area contributed by atoms with Crippen LogP contribution in [0, 0.1) is 17.7 Å². The molecule has 19 heavy (non-hydrogen) atoms. The van der Waals surface area contributed by atoms with E-state index in [1.165, 1.54) is 31.4 Å². The minimum absolute atomic E-state index is 0.148. The lowest BCUT2D eigenvalue weighted by atomic mass is 10.1. The van der Waals surface area contributed by atoms with Gasteiger partial charge in [-0.1, -0.05) is 0 Å². The first kappa shape index (κ1) is 12.9. The van der Waals surface area contributed by atoms with Crippen molar-refractivity contribution in [2.24, 2.45) is 17.6 Å². The van der Waals surface area contributed by atoms with Gasteiger partial charge in [-0.3, -0.25) is 0 Å². The lowest BCUT2D eigenvalue weighted by Gasteiger charge is -2.27. The van der Waals surface area contributed by atoms with Crippen molar-refractivity contribution in [2.75, 3.05) is 24.5 Å². The fourth-order valence-electron chi connectivity index (χ4n) is 2.71. The highest BCUT2D eigenvalue weighted by Gasteiger charge is 2.30. The number of hydrogen-bond acceptors (Lipinski definition) is 2. The SMILES string of the molecule is NCCc1cc(F)ccc1N(CC1CC1)CC1CC1. The van der Waals surface area contributed by atoms with E-state index in [0.717, 1.165) is 36.9 Å². The first-order valence-electron chi connectivity index (χ1n) is 7.49. The number of benzene rings is 1. The van der Waals surface area contributed by atoms with E-state index >= 15 is 0 Å². The molecular weight excluding hydrogens is 239 g/mol. The lowest BCUT2D eigenvalue weighted by molar-refractivity contribution is 0.622. The number of halogens is 1. The Hall–Kier alpha value is -1.09. The molecule has 0 aliphatic heterocycles. The van der Waals surface area contributed by atoms with E-state index in [9.17, 15) is 4.39 Å². The Bertz CT molecular complexity index is 424. The normalized spacial score (nSPS) is 18.6. The van der Waals surface area contributed by atoms with Crippen LogP contribution in [0.15, 0.2) is 18.2 Å². The zero-order chi connectivity index (χ0) is 13.2. The molecule has 1 aromatic rings. The Balaban J connectivity index is 1.81. The highest BCUT2D eigenvalue weighted by Crippen LogP contribution is 2.36. The molecule has 0 saturated heterocycles. The average Bonchev–Trinajstić information content (AvgIpc) is 3.24. The van der Waals surface area contributed by atoms with E-state index < -0.39 is 0 Å². The Morgan fingerprint density at radius 2 is 1.74 bits per heavy atom. The third-order valence-electron chi connectivity index (χ3n) is 4.15. The summed E-state index contributed by atoms with van der Waals surface area (Å²) in [7, 11) is 0. The zero-order valence-electron chi connectivity index (χ0n) is 11.4. The van der Waals surface area contributed by atoms with Crippen LogP contribution in [0.5, 0.6) is 0 Å².